The maximum absolute atomic E-state index is 14.7. The Morgan fingerprint density at radius 1 is 1.00 bits per heavy atom. The number of carbonyl (C=O) groups is 2. The van der Waals surface area contributed by atoms with Crippen molar-refractivity contribution in [3.8, 4) is 11.5 Å². The third-order valence-electron chi connectivity index (χ3n) is 5.51. The van der Waals surface area contributed by atoms with Crippen molar-refractivity contribution in [2.24, 2.45) is 0 Å². The van der Waals surface area contributed by atoms with E-state index in [0.717, 1.165) is 17.0 Å². The van der Waals surface area contributed by atoms with Crippen LogP contribution in [0.1, 0.15) is 22.7 Å². The first-order chi connectivity index (χ1) is 15.7. The van der Waals surface area contributed by atoms with Gasteiger partial charge in [-0.2, -0.15) is 0 Å². The van der Waals surface area contributed by atoms with Gasteiger partial charge in [0.1, 0.15) is 28.9 Å². The van der Waals surface area contributed by atoms with E-state index < -0.39 is 35.1 Å². The normalized spacial score (nSPS) is 17.5. The summed E-state index contributed by atoms with van der Waals surface area (Å²) in [4.78, 5) is 27.0. The van der Waals surface area contributed by atoms with Crippen LogP contribution in [0.5, 0.6) is 11.5 Å². The minimum atomic E-state index is -1.22. The van der Waals surface area contributed by atoms with Crippen LogP contribution in [0.15, 0.2) is 66.2 Å². The van der Waals surface area contributed by atoms with E-state index in [1.807, 2.05) is 0 Å². The van der Waals surface area contributed by atoms with Crippen LogP contribution in [-0.2, 0) is 9.59 Å². The molecule has 8 heteroatoms. The molecule has 3 aromatic carbocycles. The quantitative estimate of drug-likeness (QED) is 0.344. The fraction of sp³-hybridized carbons (Fsp3) is 0.120. The van der Waals surface area contributed by atoms with E-state index in [0.29, 0.717) is 22.9 Å². The Bertz CT molecular complexity index is 1300. The number of nitrogens with zero attached hydrogens (tertiary/aromatic N) is 1. The number of hydrogen-bond donors (Lipinski definition) is 2. The van der Waals surface area contributed by atoms with Crippen molar-refractivity contribution >= 4 is 23.1 Å². The van der Waals surface area contributed by atoms with Crippen molar-refractivity contribution in [2.45, 2.75) is 13.0 Å². The predicted molar refractivity (Wildman–Crippen MR) is 117 cm³/mol. The first-order valence-electron chi connectivity index (χ1n) is 9.93. The number of aliphatic hydroxyl groups excluding tert-OH is 1. The van der Waals surface area contributed by atoms with Gasteiger partial charge in [-0.05, 0) is 60.5 Å². The van der Waals surface area contributed by atoms with Crippen molar-refractivity contribution in [1.82, 2.24) is 0 Å². The Balaban J connectivity index is 1.97. The molecule has 3 aromatic rings. The average molecular weight is 451 g/mol. The van der Waals surface area contributed by atoms with Gasteiger partial charge in [-0.3, -0.25) is 14.5 Å². The Kier molecular flexibility index (Phi) is 5.59. The Labute approximate surface area is 188 Å². The second kappa shape index (κ2) is 8.38. The third-order valence-corrected chi connectivity index (χ3v) is 5.51. The van der Waals surface area contributed by atoms with Gasteiger partial charge in [0.15, 0.2) is 0 Å². The Morgan fingerprint density at radius 2 is 1.70 bits per heavy atom. The van der Waals surface area contributed by atoms with Gasteiger partial charge in [-0.15, -0.1) is 0 Å². The fourth-order valence-corrected chi connectivity index (χ4v) is 3.90. The molecule has 6 nitrogen and oxygen atoms in total. The molecule has 0 spiro atoms. The maximum Gasteiger partial charge on any atom is 0.300 e. The fourth-order valence-electron chi connectivity index (χ4n) is 3.90. The number of aromatic hydroxyl groups is 1. The second-order valence-electron chi connectivity index (χ2n) is 7.54. The largest absolute Gasteiger partial charge is 0.508 e. The van der Waals surface area contributed by atoms with Gasteiger partial charge >= 0.3 is 0 Å². The number of amides is 1. The van der Waals surface area contributed by atoms with Crippen molar-refractivity contribution in [3.63, 3.8) is 0 Å². The molecular formula is C25H19F2NO5. The molecule has 0 bridgehead atoms. The number of ether oxygens (including phenoxy) is 1. The van der Waals surface area contributed by atoms with Crippen LogP contribution in [0.25, 0.3) is 5.76 Å². The zero-order valence-electron chi connectivity index (χ0n) is 17.7. The van der Waals surface area contributed by atoms with Gasteiger partial charge in [-0.25, -0.2) is 8.78 Å². The lowest BCUT2D eigenvalue weighted by Crippen LogP contribution is -2.30. The number of benzene rings is 3. The molecule has 1 heterocycles. The van der Waals surface area contributed by atoms with E-state index in [-0.39, 0.29) is 22.6 Å². The van der Waals surface area contributed by atoms with Crippen LogP contribution in [0.2, 0.25) is 0 Å². The number of phenolic OH excluding ortho intramolecular Hbond substituents is 1. The number of rotatable bonds is 4. The molecule has 1 amide bonds. The Hall–Kier alpha value is -4.20. The first-order valence-corrected chi connectivity index (χ1v) is 9.93. The maximum atomic E-state index is 14.7. The molecule has 1 unspecified atom stereocenters. The smallest absolute Gasteiger partial charge is 0.300 e. The highest BCUT2D eigenvalue weighted by Crippen LogP contribution is 2.43. The summed E-state index contributed by atoms with van der Waals surface area (Å²) in [6.07, 6.45) is 0. The van der Waals surface area contributed by atoms with Crippen molar-refractivity contribution in [2.75, 3.05) is 12.0 Å². The lowest BCUT2D eigenvalue weighted by Gasteiger charge is -2.26. The predicted octanol–water partition coefficient (Wildman–Crippen LogP) is 4.61. The van der Waals surface area contributed by atoms with Gasteiger partial charge in [0.05, 0.1) is 24.4 Å². The van der Waals surface area contributed by atoms with E-state index in [1.165, 1.54) is 31.4 Å². The molecule has 0 aliphatic carbocycles. The van der Waals surface area contributed by atoms with Gasteiger partial charge in [0.25, 0.3) is 11.7 Å². The van der Waals surface area contributed by atoms with Crippen LogP contribution in [0, 0.1) is 18.6 Å². The number of aryl methyl sites for hydroxylation is 1. The third kappa shape index (κ3) is 3.80. The molecule has 4 rings (SSSR count). The molecule has 0 aromatic heterocycles. The van der Waals surface area contributed by atoms with Crippen LogP contribution < -0.4 is 9.64 Å². The number of phenols is 1. The van der Waals surface area contributed by atoms with Crippen LogP contribution >= 0.6 is 0 Å². The molecule has 33 heavy (non-hydrogen) atoms. The minimum Gasteiger partial charge on any atom is -0.508 e. The van der Waals surface area contributed by atoms with Crippen LogP contribution in [0.4, 0.5) is 14.5 Å². The summed E-state index contributed by atoms with van der Waals surface area (Å²) >= 11 is 0. The molecule has 1 aliphatic rings. The molecule has 1 fully saturated rings. The van der Waals surface area contributed by atoms with Crippen molar-refractivity contribution < 1.29 is 33.3 Å². The topological polar surface area (TPSA) is 87.1 Å². The highest BCUT2D eigenvalue weighted by atomic mass is 19.1. The van der Waals surface area contributed by atoms with E-state index in [2.05, 4.69) is 0 Å². The lowest BCUT2D eigenvalue weighted by atomic mass is 9.93. The summed E-state index contributed by atoms with van der Waals surface area (Å²) in [5, 5.41) is 20.8. The van der Waals surface area contributed by atoms with Crippen molar-refractivity contribution in [1.29, 1.82) is 0 Å². The molecule has 0 radical (unpaired) electrons. The van der Waals surface area contributed by atoms with Gasteiger partial charge in [0.2, 0.25) is 0 Å². The molecule has 2 N–H and O–H groups in total. The zero-order chi connectivity index (χ0) is 23.9. The highest BCUT2D eigenvalue weighted by molar-refractivity contribution is 6.51. The summed E-state index contributed by atoms with van der Waals surface area (Å²) in [5.41, 5.74) is 0.626. The number of hydrogen-bond acceptors (Lipinski definition) is 5. The van der Waals surface area contributed by atoms with Crippen molar-refractivity contribution in [3.05, 3.63) is 94.6 Å². The number of Topliss-reactive ketones (excluding diaryl/α,β-unsaturated/α-hetero) is 1. The lowest BCUT2D eigenvalue weighted by molar-refractivity contribution is -0.132. The molecule has 0 saturated carbocycles. The summed E-state index contributed by atoms with van der Waals surface area (Å²) in [6, 6.07) is 11.8. The monoisotopic (exact) mass is 451 g/mol. The molecular weight excluding hydrogens is 432 g/mol. The van der Waals surface area contributed by atoms with E-state index in [9.17, 15) is 28.6 Å². The molecule has 1 saturated heterocycles. The van der Waals surface area contributed by atoms with E-state index in [4.69, 9.17) is 4.74 Å². The van der Waals surface area contributed by atoms with Gasteiger partial charge in [-0.1, -0.05) is 12.1 Å². The van der Waals surface area contributed by atoms with E-state index in [1.54, 1.807) is 25.1 Å². The molecule has 168 valence electrons. The standard InChI is InChI=1S/C25H19F2NO5/c1-13-11-17(33-2)8-9-18(13)23(30)21-22(14-3-6-16(29)7-4-14)28(25(32)24(21)31)20-10-5-15(26)12-19(20)27/h3-12,22,29-30H,1-2H3/b23-21+. The highest BCUT2D eigenvalue weighted by Gasteiger charge is 2.47. The SMILES string of the molecule is COc1ccc(/C(O)=C2\C(=O)C(=O)N(c3ccc(F)cc3F)C2c2ccc(O)cc2)c(C)c1. The summed E-state index contributed by atoms with van der Waals surface area (Å²) in [7, 11) is 1.49. The molecule has 1 atom stereocenters. The number of halogens is 2. The van der Waals surface area contributed by atoms with Crippen LogP contribution in [-0.4, -0.2) is 29.0 Å². The average Bonchev–Trinajstić information content (AvgIpc) is 3.04. The van der Waals surface area contributed by atoms with Gasteiger partial charge in [0, 0.05) is 11.6 Å². The number of methoxy groups -OCH3 is 1. The minimum absolute atomic E-state index is 0.0605. The number of carbonyl (C=O) groups excluding carboxylic acids is 2. The second-order valence-corrected chi connectivity index (χ2v) is 7.54. The number of ketones is 1. The van der Waals surface area contributed by atoms with Gasteiger partial charge < -0.3 is 14.9 Å². The Morgan fingerprint density at radius 3 is 2.30 bits per heavy atom. The number of aliphatic hydroxyl groups is 1. The summed E-state index contributed by atoms with van der Waals surface area (Å²) < 4.78 is 33.4. The molecule has 1 aliphatic heterocycles. The number of anilines is 1. The zero-order valence-corrected chi connectivity index (χ0v) is 17.7. The van der Waals surface area contributed by atoms with Crippen LogP contribution in [0.3, 0.4) is 0 Å². The summed E-state index contributed by atoms with van der Waals surface area (Å²) in [6.45, 7) is 1.70. The summed E-state index contributed by atoms with van der Waals surface area (Å²) in [5.74, 6) is -3.96. The van der Waals surface area contributed by atoms with E-state index >= 15 is 0 Å². The first kappa shape index (κ1) is 22.0.